The minimum Gasteiger partial charge on any atom is -0.444 e. The molecule has 4 heteroatoms. The Hall–Kier alpha value is -1.71. The SMILES string of the molecule is CCC(C)CC(CC)Nc1cccc(NC(=O)OC(C)(C)C)c1. The maximum Gasteiger partial charge on any atom is 0.412 e. The number of amides is 1. The van der Waals surface area contributed by atoms with Gasteiger partial charge in [-0.15, -0.1) is 0 Å². The van der Waals surface area contributed by atoms with Gasteiger partial charge in [0.05, 0.1) is 0 Å². The van der Waals surface area contributed by atoms with E-state index in [1.54, 1.807) is 0 Å². The van der Waals surface area contributed by atoms with Gasteiger partial charge in [0.1, 0.15) is 5.60 Å². The minimum atomic E-state index is -0.496. The van der Waals surface area contributed by atoms with E-state index in [4.69, 9.17) is 4.74 Å². The van der Waals surface area contributed by atoms with Gasteiger partial charge in [-0.2, -0.15) is 0 Å². The number of carbonyl (C=O) groups is 1. The molecule has 1 amide bonds. The van der Waals surface area contributed by atoms with Crippen LogP contribution in [0, 0.1) is 5.92 Å². The van der Waals surface area contributed by atoms with Crippen LogP contribution in [0.2, 0.25) is 0 Å². The van der Waals surface area contributed by atoms with Gasteiger partial charge in [-0.3, -0.25) is 5.32 Å². The summed E-state index contributed by atoms with van der Waals surface area (Å²) in [6.07, 6.45) is 2.99. The van der Waals surface area contributed by atoms with Crippen molar-refractivity contribution in [2.24, 2.45) is 5.92 Å². The van der Waals surface area contributed by atoms with Crippen LogP contribution in [-0.2, 0) is 4.74 Å². The highest BCUT2D eigenvalue weighted by atomic mass is 16.6. The van der Waals surface area contributed by atoms with Crippen LogP contribution in [0.1, 0.15) is 60.8 Å². The zero-order valence-corrected chi connectivity index (χ0v) is 15.4. The van der Waals surface area contributed by atoms with Gasteiger partial charge in [0.25, 0.3) is 0 Å². The molecule has 1 rings (SSSR count). The summed E-state index contributed by atoms with van der Waals surface area (Å²) in [5, 5.41) is 6.34. The number of ether oxygens (including phenoxy) is 1. The summed E-state index contributed by atoms with van der Waals surface area (Å²) < 4.78 is 5.28. The van der Waals surface area contributed by atoms with Gasteiger partial charge in [-0.05, 0) is 57.7 Å². The second kappa shape index (κ2) is 8.80. The van der Waals surface area contributed by atoms with Crippen molar-refractivity contribution in [1.29, 1.82) is 0 Å². The Bertz CT molecular complexity index is 494. The number of hydrogen-bond donors (Lipinski definition) is 2. The van der Waals surface area contributed by atoms with E-state index < -0.39 is 11.7 Å². The van der Waals surface area contributed by atoms with Gasteiger partial charge in [-0.1, -0.05) is 33.3 Å². The van der Waals surface area contributed by atoms with E-state index in [2.05, 4.69) is 31.4 Å². The van der Waals surface area contributed by atoms with Crippen molar-refractivity contribution in [2.45, 2.75) is 72.4 Å². The first-order chi connectivity index (χ1) is 10.7. The number of anilines is 2. The second-order valence-electron chi connectivity index (χ2n) is 7.21. The molecule has 0 aromatic heterocycles. The molecule has 1 aromatic rings. The topological polar surface area (TPSA) is 50.4 Å². The molecule has 0 radical (unpaired) electrons. The van der Waals surface area contributed by atoms with E-state index in [1.165, 1.54) is 6.42 Å². The van der Waals surface area contributed by atoms with Crippen molar-refractivity contribution in [1.82, 2.24) is 0 Å². The van der Waals surface area contributed by atoms with Crippen molar-refractivity contribution in [2.75, 3.05) is 10.6 Å². The first-order valence-electron chi connectivity index (χ1n) is 8.60. The van der Waals surface area contributed by atoms with Crippen molar-refractivity contribution >= 4 is 17.5 Å². The van der Waals surface area contributed by atoms with E-state index in [0.717, 1.165) is 24.2 Å². The van der Waals surface area contributed by atoms with Gasteiger partial charge in [0, 0.05) is 17.4 Å². The fourth-order valence-electron chi connectivity index (χ4n) is 2.32. The smallest absolute Gasteiger partial charge is 0.412 e. The first kappa shape index (κ1) is 19.3. The highest BCUT2D eigenvalue weighted by Crippen LogP contribution is 2.21. The second-order valence-corrected chi connectivity index (χ2v) is 7.21. The summed E-state index contributed by atoms with van der Waals surface area (Å²) in [4.78, 5) is 11.8. The molecule has 2 N–H and O–H groups in total. The first-order valence-corrected chi connectivity index (χ1v) is 8.60. The van der Waals surface area contributed by atoms with Crippen molar-refractivity contribution in [3.8, 4) is 0 Å². The zero-order chi connectivity index (χ0) is 17.5. The predicted molar refractivity (Wildman–Crippen MR) is 98.1 cm³/mol. The van der Waals surface area contributed by atoms with E-state index in [9.17, 15) is 4.79 Å². The summed E-state index contributed by atoms with van der Waals surface area (Å²) in [6, 6.07) is 8.22. The van der Waals surface area contributed by atoms with E-state index in [1.807, 2.05) is 45.0 Å². The van der Waals surface area contributed by atoms with Crippen LogP contribution in [-0.4, -0.2) is 17.7 Å². The molecule has 0 saturated carbocycles. The molecule has 0 bridgehead atoms. The number of nitrogens with one attached hydrogen (secondary N) is 2. The summed E-state index contributed by atoms with van der Waals surface area (Å²) in [5.74, 6) is 0.704. The molecule has 130 valence electrons. The van der Waals surface area contributed by atoms with E-state index in [0.29, 0.717) is 12.0 Å². The highest BCUT2D eigenvalue weighted by molar-refractivity contribution is 5.85. The largest absolute Gasteiger partial charge is 0.444 e. The quantitative estimate of drug-likeness (QED) is 0.681. The van der Waals surface area contributed by atoms with Gasteiger partial charge < -0.3 is 10.1 Å². The van der Waals surface area contributed by atoms with Crippen LogP contribution in [0.4, 0.5) is 16.2 Å². The van der Waals surface area contributed by atoms with Gasteiger partial charge >= 0.3 is 6.09 Å². The Morgan fingerprint density at radius 1 is 1.17 bits per heavy atom. The molecular formula is C19H32N2O2. The third-order valence-electron chi connectivity index (χ3n) is 3.76. The number of hydrogen-bond acceptors (Lipinski definition) is 3. The summed E-state index contributed by atoms with van der Waals surface area (Å²) in [5.41, 5.74) is 1.26. The zero-order valence-electron chi connectivity index (χ0n) is 15.4. The Kier molecular flexibility index (Phi) is 7.40. The molecular weight excluding hydrogens is 288 g/mol. The Morgan fingerprint density at radius 2 is 1.83 bits per heavy atom. The van der Waals surface area contributed by atoms with Crippen molar-refractivity contribution in [3.05, 3.63) is 24.3 Å². The lowest BCUT2D eigenvalue weighted by Gasteiger charge is -2.22. The molecule has 4 nitrogen and oxygen atoms in total. The van der Waals surface area contributed by atoms with Crippen LogP contribution in [0.15, 0.2) is 24.3 Å². The fraction of sp³-hybridized carbons (Fsp3) is 0.632. The Labute approximate surface area is 141 Å². The van der Waals surface area contributed by atoms with Gasteiger partial charge in [0.15, 0.2) is 0 Å². The predicted octanol–water partition coefficient (Wildman–Crippen LogP) is 5.66. The Morgan fingerprint density at radius 3 is 2.39 bits per heavy atom. The number of rotatable bonds is 7. The summed E-state index contributed by atoms with van der Waals surface area (Å²) in [6.45, 7) is 12.3. The van der Waals surface area contributed by atoms with Gasteiger partial charge in [-0.25, -0.2) is 4.79 Å². The molecule has 0 aliphatic rings. The molecule has 23 heavy (non-hydrogen) atoms. The van der Waals surface area contributed by atoms with Crippen LogP contribution in [0.3, 0.4) is 0 Å². The Balaban J connectivity index is 2.67. The number of benzene rings is 1. The number of carbonyl (C=O) groups excluding carboxylic acids is 1. The highest BCUT2D eigenvalue weighted by Gasteiger charge is 2.16. The molecule has 2 atom stereocenters. The standard InChI is InChI=1S/C19H32N2O2/c1-7-14(3)12-15(8-2)20-16-10-9-11-17(13-16)21-18(22)23-19(4,5)6/h9-11,13-15,20H,7-8,12H2,1-6H3,(H,21,22). The maximum atomic E-state index is 11.8. The average Bonchev–Trinajstić information content (AvgIpc) is 2.44. The molecule has 0 fully saturated rings. The third-order valence-corrected chi connectivity index (χ3v) is 3.76. The van der Waals surface area contributed by atoms with Crippen LogP contribution >= 0.6 is 0 Å². The lowest BCUT2D eigenvalue weighted by molar-refractivity contribution is 0.0636. The van der Waals surface area contributed by atoms with Crippen molar-refractivity contribution in [3.63, 3.8) is 0 Å². The summed E-state index contributed by atoms with van der Waals surface area (Å²) in [7, 11) is 0. The molecule has 0 saturated heterocycles. The summed E-state index contributed by atoms with van der Waals surface area (Å²) >= 11 is 0. The molecule has 0 aliphatic heterocycles. The monoisotopic (exact) mass is 320 g/mol. The molecule has 0 spiro atoms. The van der Waals surface area contributed by atoms with Crippen LogP contribution in [0.25, 0.3) is 0 Å². The third kappa shape index (κ3) is 7.91. The van der Waals surface area contributed by atoms with Crippen molar-refractivity contribution < 1.29 is 9.53 Å². The van der Waals surface area contributed by atoms with E-state index in [-0.39, 0.29) is 0 Å². The van der Waals surface area contributed by atoms with Crippen LogP contribution < -0.4 is 10.6 Å². The van der Waals surface area contributed by atoms with Gasteiger partial charge in [0.2, 0.25) is 0 Å². The minimum absolute atomic E-state index is 0.429. The average molecular weight is 320 g/mol. The molecule has 0 aliphatic carbocycles. The maximum absolute atomic E-state index is 11.8. The lowest BCUT2D eigenvalue weighted by Crippen LogP contribution is -2.27. The van der Waals surface area contributed by atoms with Crippen LogP contribution in [0.5, 0.6) is 0 Å². The lowest BCUT2D eigenvalue weighted by atomic mass is 9.97. The normalized spacial score (nSPS) is 14.0. The fourth-order valence-corrected chi connectivity index (χ4v) is 2.32. The molecule has 2 unspecified atom stereocenters. The molecule has 1 aromatic carbocycles. The van der Waals surface area contributed by atoms with E-state index >= 15 is 0 Å². The molecule has 0 heterocycles.